The Morgan fingerprint density at radius 1 is 1.00 bits per heavy atom. The van der Waals surface area contributed by atoms with Gasteiger partial charge in [0.15, 0.2) is 0 Å². The third kappa shape index (κ3) is 4.00. The quantitative estimate of drug-likeness (QED) is 0.338. The highest BCUT2D eigenvalue weighted by Gasteiger charge is 2.46. The number of carbonyl (C=O) groups excluding carboxylic acids is 2. The van der Waals surface area contributed by atoms with Crippen LogP contribution in [0.2, 0.25) is 10.0 Å². The molecular weight excluding hydrogens is 439 g/mol. The largest absolute Gasteiger partial charge is 0.508 e. The van der Waals surface area contributed by atoms with Crippen molar-refractivity contribution >= 4 is 40.7 Å². The molecule has 8 heteroatoms. The number of aromatic nitrogens is 1. The summed E-state index contributed by atoms with van der Waals surface area (Å²) in [6, 6.07) is 13.2. The first-order valence-corrected chi connectivity index (χ1v) is 10.0. The zero-order chi connectivity index (χ0) is 22.1. The molecule has 1 atom stereocenters. The van der Waals surface area contributed by atoms with Crippen molar-refractivity contribution in [3.63, 3.8) is 0 Å². The van der Waals surface area contributed by atoms with Crippen LogP contribution in [0.1, 0.15) is 22.7 Å². The van der Waals surface area contributed by atoms with E-state index in [0.29, 0.717) is 10.6 Å². The molecule has 2 aromatic carbocycles. The lowest BCUT2D eigenvalue weighted by Crippen LogP contribution is -2.29. The second kappa shape index (κ2) is 8.41. The summed E-state index contributed by atoms with van der Waals surface area (Å²) < 4.78 is 0. The lowest BCUT2D eigenvalue weighted by molar-refractivity contribution is -0.140. The van der Waals surface area contributed by atoms with Gasteiger partial charge in [-0.1, -0.05) is 35.3 Å². The van der Waals surface area contributed by atoms with Gasteiger partial charge in [-0.25, -0.2) is 0 Å². The van der Waals surface area contributed by atoms with E-state index in [1.807, 2.05) is 0 Å². The number of aliphatic hydroxyl groups is 1. The third-order valence-electron chi connectivity index (χ3n) is 5.02. The van der Waals surface area contributed by atoms with E-state index in [2.05, 4.69) is 4.98 Å². The summed E-state index contributed by atoms with van der Waals surface area (Å²) in [4.78, 5) is 31.3. The number of amides is 1. The minimum Gasteiger partial charge on any atom is -0.508 e. The molecule has 156 valence electrons. The highest BCUT2D eigenvalue weighted by molar-refractivity contribution is 6.46. The van der Waals surface area contributed by atoms with Crippen molar-refractivity contribution in [3.05, 3.63) is 99.3 Å². The first-order valence-electron chi connectivity index (χ1n) is 9.28. The maximum atomic E-state index is 13.0. The van der Waals surface area contributed by atoms with Crippen molar-refractivity contribution in [2.45, 2.75) is 12.6 Å². The first-order chi connectivity index (χ1) is 14.9. The molecule has 1 aliphatic heterocycles. The summed E-state index contributed by atoms with van der Waals surface area (Å²) in [7, 11) is 0. The predicted molar refractivity (Wildman–Crippen MR) is 117 cm³/mol. The Bertz CT molecular complexity index is 1210. The smallest absolute Gasteiger partial charge is 0.295 e. The Labute approximate surface area is 188 Å². The fourth-order valence-electron chi connectivity index (χ4n) is 3.57. The maximum Gasteiger partial charge on any atom is 0.295 e. The van der Waals surface area contributed by atoms with Crippen molar-refractivity contribution in [3.8, 4) is 5.75 Å². The minimum atomic E-state index is -0.908. The van der Waals surface area contributed by atoms with E-state index >= 15 is 0 Å². The zero-order valence-corrected chi connectivity index (χ0v) is 17.5. The Morgan fingerprint density at radius 2 is 1.74 bits per heavy atom. The number of hydrogen-bond acceptors (Lipinski definition) is 5. The van der Waals surface area contributed by atoms with Crippen molar-refractivity contribution in [1.29, 1.82) is 0 Å². The number of likely N-dealkylation sites (tertiary alicyclic amines) is 1. The average Bonchev–Trinajstić information content (AvgIpc) is 3.01. The molecule has 1 aromatic heterocycles. The van der Waals surface area contributed by atoms with E-state index in [1.54, 1.807) is 36.7 Å². The Kier molecular flexibility index (Phi) is 5.67. The molecule has 3 aromatic rings. The number of pyridine rings is 1. The van der Waals surface area contributed by atoms with Gasteiger partial charge in [0, 0.05) is 24.5 Å². The number of aliphatic hydroxyl groups excluding tert-OH is 1. The van der Waals surface area contributed by atoms with Crippen LogP contribution < -0.4 is 0 Å². The minimum absolute atomic E-state index is 0.0264. The van der Waals surface area contributed by atoms with Gasteiger partial charge in [0.05, 0.1) is 21.7 Å². The van der Waals surface area contributed by atoms with Crippen LogP contribution >= 0.6 is 23.2 Å². The summed E-state index contributed by atoms with van der Waals surface area (Å²) in [5, 5.41) is 21.5. The molecule has 31 heavy (non-hydrogen) atoms. The SMILES string of the molecule is O=C1C(=O)N(Cc2ccncc2)C(c2cccc(O)c2)/C1=C(/O)c1ccc(Cl)c(Cl)c1. The summed E-state index contributed by atoms with van der Waals surface area (Å²) >= 11 is 12.0. The van der Waals surface area contributed by atoms with E-state index in [0.717, 1.165) is 5.56 Å². The number of halogens is 2. The van der Waals surface area contributed by atoms with E-state index in [1.165, 1.54) is 35.2 Å². The van der Waals surface area contributed by atoms with Crippen LogP contribution in [0.5, 0.6) is 5.75 Å². The molecule has 1 unspecified atom stereocenters. The van der Waals surface area contributed by atoms with E-state index < -0.39 is 17.7 Å². The van der Waals surface area contributed by atoms with Crippen molar-refractivity contribution in [1.82, 2.24) is 9.88 Å². The highest BCUT2D eigenvalue weighted by atomic mass is 35.5. The standard InChI is InChI=1S/C23H16Cl2N2O4/c24-17-5-4-15(11-18(17)25)21(29)19-20(14-2-1-3-16(28)10-14)27(23(31)22(19)30)12-13-6-8-26-9-7-13/h1-11,20,28-29H,12H2/b21-19-. The van der Waals surface area contributed by atoms with Gasteiger partial charge >= 0.3 is 0 Å². The number of aromatic hydroxyl groups is 1. The van der Waals surface area contributed by atoms with Crippen LogP contribution in [0, 0.1) is 0 Å². The van der Waals surface area contributed by atoms with Crippen LogP contribution in [0.15, 0.2) is 72.6 Å². The van der Waals surface area contributed by atoms with Gasteiger partial charge in [-0.15, -0.1) is 0 Å². The Morgan fingerprint density at radius 3 is 2.42 bits per heavy atom. The van der Waals surface area contributed by atoms with Crippen LogP contribution in [-0.4, -0.2) is 31.8 Å². The van der Waals surface area contributed by atoms with Gasteiger partial charge in [-0.05, 0) is 53.6 Å². The van der Waals surface area contributed by atoms with E-state index in [9.17, 15) is 19.8 Å². The zero-order valence-electron chi connectivity index (χ0n) is 16.0. The maximum absolute atomic E-state index is 13.0. The molecule has 0 aliphatic carbocycles. The molecule has 2 heterocycles. The summed E-state index contributed by atoms with van der Waals surface area (Å²) in [6.45, 7) is 0.117. The lowest BCUT2D eigenvalue weighted by Gasteiger charge is -2.25. The van der Waals surface area contributed by atoms with Crippen molar-refractivity contribution in [2.24, 2.45) is 0 Å². The molecule has 0 spiro atoms. The second-order valence-corrected chi connectivity index (χ2v) is 7.82. The average molecular weight is 455 g/mol. The van der Waals surface area contributed by atoms with Crippen LogP contribution in [0.3, 0.4) is 0 Å². The molecule has 1 fully saturated rings. The topological polar surface area (TPSA) is 90.7 Å². The number of hydrogen-bond donors (Lipinski definition) is 2. The van der Waals surface area contributed by atoms with Crippen LogP contribution in [-0.2, 0) is 16.1 Å². The number of benzene rings is 2. The van der Waals surface area contributed by atoms with Gasteiger partial charge in [0.1, 0.15) is 11.5 Å². The molecule has 1 saturated heterocycles. The fourth-order valence-corrected chi connectivity index (χ4v) is 3.87. The molecule has 6 nitrogen and oxygen atoms in total. The normalized spacial score (nSPS) is 17.9. The number of phenols is 1. The van der Waals surface area contributed by atoms with Gasteiger partial charge in [0.25, 0.3) is 11.7 Å². The highest BCUT2D eigenvalue weighted by Crippen LogP contribution is 2.41. The number of ketones is 1. The molecule has 0 bridgehead atoms. The first kappa shape index (κ1) is 20.9. The number of rotatable bonds is 4. The van der Waals surface area contributed by atoms with Crippen molar-refractivity contribution in [2.75, 3.05) is 0 Å². The van der Waals surface area contributed by atoms with Crippen molar-refractivity contribution < 1.29 is 19.8 Å². The number of carbonyl (C=O) groups is 2. The summed E-state index contributed by atoms with van der Waals surface area (Å²) in [5.74, 6) is -1.98. The Balaban J connectivity index is 1.88. The molecule has 1 aliphatic rings. The number of nitrogens with zero attached hydrogens (tertiary/aromatic N) is 2. The van der Waals surface area contributed by atoms with E-state index in [4.69, 9.17) is 23.2 Å². The molecule has 0 saturated carbocycles. The Hall–Kier alpha value is -3.35. The fraction of sp³-hybridized carbons (Fsp3) is 0.0870. The molecular formula is C23H16Cl2N2O4. The van der Waals surface area contributed by atoms with Gasteiger partial charge in [0.2, 0.25) is 0 Å². The van der Waals surface area contributed by atoms with Gasteiger partial charge < -0.3 is 15.1 Å². The third-order valence-corrected chi connectivity index (χ3v) is 5.76. The molecule has 1 amide bonds. The second-order valence-electron chi connectivity index (χ2n) is 7.01. The van der Waals surface area contributed by atoms with E-state index in [-0.39, 0.29) is 34.2 Å². The molecule has 2 N–H and O–H groups in total. The lowest BCUT2D eigenvalue weighted by atomic mass is 9.95. The van der Waals surface area contributed by atoms with Crippen LogP contribution in [0.25, 0.3) is 5.76 Å². The monoisotopic (exact) mass is 454 g/mol. The number of Topliss-reactive ketones (excluding diaryl/α,β-unsaturated/α-hetero) is 1. The van der Waals surface area contributed by atoms with Crippen LogP contribution in [0.4, 0.5) is 0 Å². The molecule has 4 rings (SSSR count). The number of phenolic OH excluding ortho intramolecular Hbond substituents is 1. The summed E-state index contributed by atoms with van der Waals surface area (Å²) in [5.41, 5.74) is 1.40. The summed E-state index contributed by atoms with van der Waals surface area (Å²) in [6.07, 6.45) is 3.18. The van der Waals surface area contributed by atoms with Gasteiger partial charge in [-0.2, -0.15) is 0 Å². The predicted octanol–water partition coefficient (Wildman–Crippen LogP) is 4.72. The molecule has 0 radical (unpaired) electrons. The van der Waals surface area contributed by atoms with Gasteiger partial charge in [-0.3, -0.25) is 14.6 Å².